The first kappa shape index (κ1) is 16.9. The molecule has 1 aliphatic carbocycles. The molecule has 2 rings (SSSR count). The summed E-state index contributed by atoms with van der Waals surface area (Å²) in [5.41, 5.74) is -0.138. The molecule has 1 aromatic rings. The molecule has 0 aromatic heterocycles. The van der Waals surface area contributed by atoms with Gasteiger partial charge < -0.3 is 10.1 Å². The number of rotatable bonds is 7. The van der Waals surface area contributed by atoms with Gasteiger partial charge in [0.05, 0.1) is 4.92 Å². The third-order valence-electron chi connectivity index (χ3n) is 3.99. The molecule has 23 heavy (non-hydrogen) atoms. The maximum atomic E-state index is 11.8. The first-order chi connectivity index (χ1) is 11.1. The van der Waals surface area contributed by atoms with E-state index in [1.165, 1.54) is 31.4 Å². The summed E-state index contributed by atoms with van der Waals surface area (Å²) >= 11 is 0. The molecule has 1 amide bonds. The van der Waals surface area contributed by atoms with E-state index in [2.05, 4.69) is 5.32 Å². The van der Waals surface area contributed by atoms with E-state index in [1.54, 1.807) is 0 Å². The molecule has 0 unspecified atom stereocenters. The summed E-state index contributed by atoms with van der Waals surface area (Å²) < 4.78 is 5.23. The van der Waals surface area contributed by atoms with Crippen molar-refractivity contribution < 1.29 is 19.2 Å². The molecule has 7 nitrogen and oxygen atoms in total. The number of aldehydes is 1. The summed E-state index contributed by atoms with van der Waals surface area (Å²) in [5.74, 6) is 0.187. The van der Waals surface area contributed by atoms with E-state index in [4.69, 9.17) is 4.74 Å². The number of carbonyl (C=O) groups is 2. The number of benzene rings is 1. The van der Waals surface area contributed by atoms with Crippen LogP contribution in [0.4, 0.5) is 5.69 Å². The Morgan fingerprint density at radius 1 is 1.35 bits per heavy atom. The number of nitrogens with zero attached hydrogens (tertiary/aromatic N) is 1. The van der Waals surface area contributed by atoms with E-state index >= 15 is 0 Å². The highest BCUT2D eigenvalue weighted by Crippen LogP contribution is 2.27. The highest BCUT2D eigenvalue weighted by atomic mass is 16.6. The number of ether oxygens (including phenoxy) is 1. The lowest BCUT2D eigenvalue weighted by atomic mass is 9.89. The first-order valence-electron chi connectivity index (χ1n) is 7.73. The van der Waals surface area contributed by atoms with E-state index in [0.29, 0.717) is 18.7 Å². The zero-order valence-corrected chi connectivity index (χ0v) is 12.8. The SMILES string of the molecule is O=Cc1ccc(OCC(=O)NCC2CCCCC2)c([N+](=O)[O-])c1. The van der Waals surface area contributed by atoms with Crippen molar-refractivity contribution in [3.05, 3.63) is 33.9 Å². The number of nitrogens with one attached hydrogen (secondary N) is 1. The van der Waals surface area contributed by atoms with Crippen LogP contribution in [0.1, 0.15) is 42.5 Å². The summed E-state index contributed by atoms with van der Waals surface area (Å²) in [7, 11) is 0. The topological polar surface area (TPSA) is 98.5 Å². The monoisotopic (exact) mass is 320 g/mol. The zero-order valence-electron chi connectivity index (χ0n) is 12.8. The van der Waals surface area contributed by atoms with Crippen molar-refractivity contribution in [3.8, 4) is 5.75 Å². The van der Waals surface area contributed by atoms with E-state index in [-0.39, 0.29) is 29.5 Å². The number of amides is 1. The molecule has 124 valence electrons. The molecule has 1 aromatic carbocycles. The predicted molar refractivity (Wildman–Crippen MR) is 83.6 cm³/mol. The van der Waals surface area contributed by atoms with Crippen LogP contribution in [0.3, 0.4) is 0 Å². The number of hydrogen-bond acceptors (Lipinski definition) is 5. The van der Waals surface area contributed by atoms with Crippen molar-refractivity contribution in [2.75, 3.05) is 13.2 Å². The lowest BCUT2D eigenvalue weighted by molar-refractivity contribution is -0.385. The van der Waals surface area contributed by atoms with Gasteiger partial charge in [0.25, 0.3) is 5.91 Å². The molecule has 0 saturated heterocycles. The van der Waals surface area contributed by atoms with Crippen molar-refractivity contribution in [3.63, 3.8) is 0 Å². The summed E-state index contributed by atoms with van der Waals surface area (Å²) in [5, 5.41) is 13.8. The van der Waals surface area contributed by atoms with Gasteiger partial charge >= 0.3 is 5.69 Å². The highest BCUT2D eigenvalue weighted by Gasteiger charge is 2.18. The van der Waals surface area contributed by atoms with Gasteiger partial charge in [-0.3, -0.25) is 19.7 Å². The van der Waals surface area contributed by atoms with Crippen LogP contribution in [0.2, 0.25) is 0 Å². The van der Waals surface area contributed by atoms with Gasteiger partial charge in [0.2, 0.25) is 0 Å². The van der Waals surface area contributed by atoms with Crippen LogP contribution in [0.25, 0.3) is 0 Å². The first-order valence-corrected chi connectivity index (χ1v) is 7.73. The number of hydrogen-bond donors (Lipinski definition) is 1. The maximum Gasteiger partial charge on any atom is 0.311 e. The smallest absolute Gasteiger partial charge is 0.311 e. The fourth-order valence-electron chi connectivity index (χ4n) is 2.72. The van der Waals surface area contributed by atoms with Crippen molar-refractivity contribution in [1.82, 2.24) is 5.32 Å². The fourth-order valence-corrected chi connectivity index (χ4v) is 2.72. The fraction of sp³-hybridized carbons (Fsp3) is 0.500. The van der Waals surface area contributed by atoms with Crippen LogP contribution >= 0.6 is 0 Å². The normalized spacial score (nSPS) is 15.0. The molecule has 1 saturated carbocycles. The minimum Gasteiger partial charge on any atom is -0.477 e. The minimum atomic E-state index is -0.637. The van der Waals surface area contributed by atoms with Crippen molar-refractivity contribution in [1.29, 1.82) is 0 Å². The van der Waals surface area contributed by atoms with Crippen LogP contribution < -0.4 is 10.1 Å². The summed E-state index contributed by atoms with van der Waals surface area (Å²) in [6.07, 6.45) is 6.43. The van der Waals surface area contributed by atoms with Gasteiger partial charge in [-0.05, 0) is 30.9 Å². The minimum absolute atomic E-state index is 0.0200. The van der Waals surface area contributed by atoms with E-state index < -0.39 is 4.92 Å². The third kappa shape index (κ3) is 5.05. The van der Waals surface area contributed by atoms with Gasteiger partial charge in [-0.2, -0.15) is 0 Å². The molecular formula is C16H20N2O5. The van der Waals surface area contributed by atoms with Gasteiger partial charge in [0.1, 0.15) is 6.29 Å². The van der Waals surface area contributed by atoms with Crippen molar-refractivity contribution >= 4 is 17.9 Å². The van der Waals surface area contributed by atoms with Crippen LogP contribution in [-0.2, 0) is 4.79 Å². The number of carbonyl (C=O) groups excluding carboxylic acids is 2. The van der Waals surface area contributed by atoms with E-state index in [0.717, 1.165) is 18.9 Å². The van der Waals surface area contributed by atoms with Gasteiger partial charge in [-0.25, -0.2) is 0 Å². The molecule has 0 atom stereocenters. The van der Waals surface area contributed by atoms with Crippen molar-refractivity contribution in [2.24, 2.45) is 5.92 Å². The molecule has 0 bridgehead atoms. The molecular weight excluding hydrogens is 300 g/mol. The quantitative estimate of drug-likeness (QED) is 0.473. The van der Waals surface area contributed by atoms with Crippen LogP contribution in [-0.4, -0.2) is 30.3 Å². The Morgan fingerprint density at radius 2 is 2.09 bits per heavy atom. The molecule has 0 radical (unpaired) electrons. The van der Waals surface area contributed by atoms with Crippen LogP contribution in [0, 0.1) is 16.0 Å². The second kappa shape index (κ2) is 8.26. The lowest BCUT2D eigenvalue weighted by Crippen LogP contribution is -2.33. The maximum absolute atomic E-state index is 11.8. The average Bonchev–Trinajstić information content (AvgIpc) is 2.58. The van der Waals surface area contributed by atoms with Crippen LogP contribution in [0.15, 0.2) is 18.2 Å². The predicted octanol–water partition coefficient (Wildman–Crippen LogP) is 2.48. The highest BCUT2D eigenvalue weighted by molar-refractivity contribution is 5.79. The number of nitro groups is 1. The number of nitro benzene ring substituents is 1. The Hall–Kier alpha value is -2.44. The Labute approximate surface area is 134 Å². The Morgan fingerprint density at radius 3 is 2.74 bits per heavy atom. The van der Waals surface area contributed by atoms with Gasteiger partial charge in [0, 0.05) is 18.2 Å². The largest absolute Gasteiger partial charge is 0.477 e. The Bertz CT molecular complexity index is 582. The summed E-state index contributed by atoms with van der Waals surface area (Å²) in [6.45, 7) is 0.336. The molecule has 1 N–H and O–H groups in total. The molecule has 7 heteroatoms. The summed E-state index contributed by atoms with van der Waals surface area (Å²) in [4.78, 5) is 32.8. The molecule has 0 spiro atoms. The second-order valence-electron chi connectivity index (χ2n) is 5.70. The van der Waals surface area contributed by atoms with Gasteiger partial charge in [-0.1, -0.05) is 19.3 Å². The molecule has 1 aliphatic rings. The molecule has 0 aliphatic heterocycles. The third-order valence-corrected chi connectivity index (χ3v) is 3.99. The van der Waals surface area contributed by atoms with Crippen molar-refractivity contribution in [2.45, 2.75) is 32.1 Å². The molecule has 0 heterocycles. The lowest BCUT2D eigenvalue weighted by Gasteiger charge is -2.21. The Kier molecular flexibility index (Phi) is 6.08. The van der Waals surface area contributed by atoms with Crippen LogP contribution in [0.5, 0.6) is 5.75 Å². The molecule has 1 fully saturated rings. The zero-order chi connectivity index (χ0) is 16.7. The summed E-state index contributed by atoms with van der Waals surface area (Å²) in [6, 6.07) is 3.87. The van der Waals surface area contributed by atoms with Gasteiger partial charge in [0.15, 0.2) is 12.4 Å². The second-order valence-corrected chi connectivity index (χ2v) is 5.70. The Balaban J connectivity index is 1.85. The average molecular weight is 320 g/mol. The standard InChI is InChI=1S/C16H20N2O5/c19-10-13-6-7-15(14(8-13)18(21)22)23-11-16(20)17-9-12-4-2-1-3-5-12/h6-8,10,12H,1-5,9,11H2,(H,17,20). The van der Waals surface area contributed by atoms with E-state index in [1.807, 2.05) is 0 Å². The van der Waals surface area contributed by atoms with Gasteiger partial charge in [-0.15, -0.1) is 0 Å². The van der Waals surface area contributed by atoms with E-state index in [9.17, 15) is 19.7 Å².